The van der Waals surface area contributed by atoms with Gasteiger partial charge in [-0.1, -0.05) is 6.42 Å². The highest BCUT2D eigenvalue weighted by atomic mass is 32.2. The Kier molecular flexibility index (Phi) is 3.37. The van der Waals surface area contributed by atoms with Gasteiger partial charge in [-0.2, -0.15) is 0 Å². The highest BCUT2D eigenvalue weighted by molar-refractivity contribution is 7.99. The molecule has 2 aromatic heterocycles. The maximum absolute atomic E-state index is 5.81. The Bertz CT molecular complexity index is 594. The molecule has 3 rings (SSSR count). The van der Waals surface area contributed by atoms with Crippen molar-refractivity contribution in [3.8, 4) is 0 Å². The lowest BCUT2D eigenvalue weighted by Gasteiger charge is -2.07. The normalized spacial score (nSPS) is 15.0. The molecule has 100 valence electrons. The summed E-state index contributed by atoms with van der Waals surface area (Å²) < 4.78 is 2.20. The van der Waals surface area contributed by atoms with Crippen molar-refractivity contribution < 1.29 is 0 Å². The molecule has 0 fully saturated rings. The number of fused-ring (bicyclic) bond motifs is 1. The Morgan fingerprint density at radius 1 is 1.21 bits per heavy atom. The summed E-state index contributed by atoms with van der Waals surface area (Å²) in [4.78, 5) is 8.26. The Morgan fingerprint density at radius 3 is 3.00 bits per heavy atom. The van der Waals surface area contributed by atoms with Crippen molar-refractivity contribution in [3.63, 3.8) is 0 Å². The summed E-state index contributed by atoms with van der Waals surface area (Å²) in [6, 6.07) is 0. The Morgan fingerprint density at radius 2 is 2.11 bits per heavy atom. The van der Waals surface area contributed by atoms with E-state index in [0.29, 0.717) is 5.82 Å². The predicted octanol–water partition coefficient (Wildman–Crippen LogP) is 1.84. The van der Waals surface area contributed by atoms with Crippen molar-refractivity contribution in [2.24, 2.45) is 0 Å². The van der Waals surface area contributed by atoms with Gasteiger partial charge in [0, 0.05) is 18.5 Å². The van der Waals surface area contributed by atoms with E-state index < -0.39 is 0 Å². The van der Waals surface area contributed by atoms with Crippen molar-refractivity contribution in [3.05, 3.63) is 17.7 Å². The molecule has 3 heterocycles. The molecule has 0 saturated heterocycles. The van der Waals surface area contributed by atoms with Gasteiger partial charge >= 0.3 is 0 Å². The molecule has 2 N–H and O–H groups in total. The van der Waals surface area contributed by atoms with Crippen molar-refractivity contribution >= 4 is 17.6 Å². The summed E-state index contributed by atoms with van der Waals surface area (Å²) in [5.41, 5.74) is 6.71. The fraction of sp³-hybridized carbons (Fsp3) is 0.500. The minimum Gasteiger partial charge on any atom is -0.383 e. The van der Waals surface area contributed by atoms with Gasteiger partial charge < -0.3 is 10.3 Å². The second-order valence-electron chi connectivity index (χ2n) is 4.65. The van der Waals surface area contributed by atoms with Crippen LogP contribution < -0.4 is 5.73 Å². The molecule has 6 nitrogen and oxygen atoms in total. The number of anilines is 1. The quantitative estimate of drug-likeness (QED) is 0.843. The van der Waals surface area contributed by atoms with Gasteiger partial charge in [0.15, 0.2) is 5.16 Å². The van der Waals surface area contributed by atoms with Gasteiger partial charge in [-0.25, -0.2) is 9.97 Å². The van der Waals surface area contributed by atoms with Crippen LogP contribution in [0.2, 0.25) is 0 Å². The number of hydrogen-bond donors (Lipinski definition) is 1. The molecule has 0 amide bonds. The topological polar surface area (TPSA) is 82.5 Å². The minimum absolute atomic E-state index is 0.521. The lowest BCUT2D eigenvalue weighted by Crippen LogP contribution is -2.03. The minimum atomic E-state index is 0.521. The Hall–Kier alpha value is -1.63. The van der Waals surface area contributed by atoms with Crippen LogP contribution in [0.1, 0.15) is 30.7 Å². The molecule has 0 aliphatic carbocycles. The first kappa shape index (κ1) is 12.4. The number of aromatic nitrogens is 5. The van der Waals surface area contributed by atoms with E-state index in [1.807, 2.05) is 6.92 Å². The van der Waals surface area contributed by atoms with Gasteiger partial charge in [0.05, 0.1) is 0 Å². The summed E-state index contributed by atoms with van der Waals surface area (Å²) in [7, 11) is 0. The Labute approximate surface area is 115 Å². The van der Waals surface area contributed by atoms with E-state index in [0.717, 1.165) is 34.5 Å². The molecular formula is C12H16N6S. The first-order valence-corrected chi connectivity index (χ1v) is 7.24. The number of nitrogen functional groups attached to an aromatic ring is 1. The first-order valence-electron chi connectivity index (χ1n) is 6.42. The summed E-state index contributed by atoms with van der Waals surface area (Å²) in [5.74, 6) is 1.60. The zero-order valence-electron chi connectivity index (χ0n) is 10.8. The van der Waals surface area contributed by atoms with Gasteiger partial charge in [0.2, 0.25) is 0 Å². The average Bonchev–Trinajstić information content (AvgIpc) is 2.63. The molecule has 2 aromatic rings. The number of aryl methyl sites for hydroxylation is 1. The molecule has 0 bridgehead atoms. The number of nitrogens with two attached hydrogens (primary N) is 1. The van der Waals surface area contributed by atoms with E-state index >= 15 is 0 Å². The van der Waals surface area contributed by atoms with Crippen molar-refractivity contribution in [1.82, 2.24) is 24.7 Å². The van der Waals surface area contributed by atoms with Gasteiger partial charge in [-0.15, -0.1) is 10.2 Å². The molecule has 0 saturated carbocycles. The third-order valence-electron chi connectivity index (χ3n) is 3.34. The van der Waals surface area contributed by atoms with E-state index in [9.17, 15) is 0 Å². The monoisotopic (exact) mass is 276 g/mol. The van der Waals surface area contributed by atoms with Crippen LogP contribution in [0.4, 0.5) is 5.82 Å². The van der Waals surface area contributed by atoms with Crippen LogP contribution in [0.5, 0.6) is 0 Å². The second-order valence-corrected chi connectivity index (χ2v) is 5.61. The van der Waals surface area contributed by atoms with Crippen LogP contribution in [-0.4, -0.2) is 24.7 Å². The summed E-state index contributed by atoms with van der Waals surface area (Å²) in [6.45, 7) is 2.92. The van der Waals surface area contributed by atoms with Crippen LogP contribution in [0.3, 0.4) is 0 Å². The molecule has 0 spiro atoms. The molecule has 1 aliphatic rings. The number of nitrogens with zero attached hydrogens (tertiary/aromatic N) is 5. The molecule has 0 aromatic carbocycles. The molecule has 7 heteroatoms. The van der Waals surface area contributed by atoms with Gasteiger partial charge in [0.25, 0.3) is 0 Å². The van der Waals surface area contributed by atoms with Gasteiger partial charge in [0.1, 0.15) is 23.0 Å². The van der Waals surface area contributed by atoms with Crippen molar-refractivity contribution in [1.29, 1.82) is 0 Å². The number of rotatable bonds is 2. The van der Waals surface area contributed by atoms with Gasteiger partial charge in [-0.05, 0) is 31.5 Å². The molecule has 19 heavy (non-hydrogen) atoms. The maximum atomic E-state index is 5.81. The lowest BCUT2D eigenvalue weighted by atomic mass is 10.2. The van der Waals surface area contributed by atoms with Crippen molar-refractivity contribution in [2.75, 3.05) is 5.73 Å². The third kappa shape index (κ3) is 2.42. The van der Waals surface area contributed by atoms with Gasteiger partial charge in [-0.3, -0.25) is 0 Å². The SMILES string of the molecule is Cc1c(N)ncnc1Sc1nnc2n1CCCCC2. The van der Waals surface area contributed by atoms with Crippen LogP contribution in [0, 0.1) is 6.92 Å². The fourth-order valence-corrected chi connectivity index (χ4v) is 3.09. The smallest absolute Gasteiger partial charge is 0.197 e. The molecule has 0 unspecified atom stereocenters. The first-order chi connectivity index (χ1) is 9.25. The van der Waals surface area contributed by atoms with E-state index in [1.165, 1.54) is 37.4 Å². The van der Waals surface area contributed by atoms with E-state index in [-0.39, 0.29) is 0 Å². The molecule has 0 radical (unpaired) electrons. The van der Waals surface area contributed by atoms with Crippen LogP contribution in [0.15, 0.2) is 16.5 Å². The summed E-state index contributed by atoms with van der Waals surface area (Å²) >= 11 is 1.52. The van der Waals surface area contributed by atoms with Crippen LogP contribution in [0.25, 0.3) is 0 Å². The van der Waals surface area contributed by atoms with E-state index in [1.54, 1.807) is 0 Å². The molecular weight excluding hydrogens is 260 g/mol. The highest BCUT2D eigenvalue weighted by Gasteiger charge is 2.17. The van der Waals surface area contributed by atoms with Crippen LogP contribution >= 0.6 is 11.8 Å². The van der Waals surface area contributed by atoms with E-state index in [4.69, 9.17) is 5.73 Å². The predicted molar refractivity (Wildman–Crippen MR) is 72.9 cm³/mol. The average molecular weight is 276 g/mol. The largest absolute Gasteiger partial charge is 0.383 e. The summed E-state index contributed by atoms with van der Waals surface area (Å²) in [5, 5.41) is 10.3. The van der Waals surface area contributed by atoms with E-state index in [2.05, 4.69) is 24.7 Å². The zero-order valence-corrected chi connectivity index (χ0v) is 11.7. The molecule has 1 aliphatic heterocycles. The number of hydrogen-bond acceptors (Lipinski definition) is 6. The fourth-order valence-electron chi connectivity index (χ4n) is 2.17. The summed E-state index contributed by atoms with van der Waals surface area (Å²) in [6.07, 6.45) is 6.14. The zero-order chi connectivity index (χ0) is 13.2. The second kappa shape index (κ2) is 5.16. The molecule has 0 atom stereocenters. The Balaban J connectivity index is 1.91. The van der Waals surface area contributed by atoms with Crippen LogP contribution in [-0.2, 0) is 13.0 Å². The third-order valence-corrected chi connectivity index (χ3v) is 4.43. The van der Waals surface area contributed by atoms with Crippen molar-refractivity contribution in [2.45, 2.75) is 49.3 Å². The lowest BCUT2D eigenvalue weighted by molar-refractivity contribution is 0.590. The standard InChI is InChI=1S/C12H16N6S/c1-8-10(13)14-7-15-11(8)19-12-17-16-9-5-3-2-4-6-18(9)12/h7H,2-6H2,1H3,(H2,13,14,15). The highest BCUT2D eigenvalue weighted by Crippen LogP contribution is 2.30. The maximum Gasteiger partial charge on any atom is 0.197 e.